The zero-order valence-electron chi connectivity index (χ0n) is 15.9. The normalized spacial score (nSPS) is 10.7. The third-order valence-corrected chi connectivity index (χ3v) is 5.14. The molecule has 0 fully saturated rings. The highest BCUT2D eigenvalue weighted by atomic mass is 35.5. The van der Waals surface area contributed by atoms with Crippen LogP contribution in [0.2, 0.25) is 5.02 Å². The van der Waals surface area contributed by atoms with Crippen LogP contribution in [0.15, 0.2) is 85.2 Å². The number of halogens is 1. The summed E-state index contributed by atoms with van der Waals surface area (Å²) in [5.74, 6) is 0.649. The number of amides is 1. The van der Waals surface area contributed by atoms with Crippen molar-refractivity contribution in [2.75, 3.05) is 12.4 Å². The Labute approximate surface area is 174 Å². The molecule has 0 saturated carbocycles. The summed E-state index contributed by atoms with van der Waals surface area (Å²) in [6.07, 6.45) is 3.84. The first-order chi connectivity index (χ1) is 14.1. The van der Waals surface area contributed by atoms with Crippen molar-refractivity contribution >= 4 is 34.0 Å². The number of benzene rings is 3. The molecule has 0 unspecified atom stereocenters. The van der Waals surface area contributed by atoms with Gasteiger partial charge in [-0.3, -0.25) is 4.79 Å². The van der Waals surface area contributed by atoms with Gasteiger partial charge in [-0.25, -0.2) is 4.57 Å². The molecule has 5 heteroatoms. The van der Waals surface area contributed by atoms with Gasteiger partial charge < -0.3 is 10.1 Å². The number of pyridine rings is 1. The predicted molar refractivity (Wildman–Crippen MR) is 116 cm³/mol. The summed E-state index contributed by atoms with van der Waals surface area (Å²) >= 11 is 6.22. The van der Waals surface area contributed by atoms with Crippen molar-refractivity contribution in [3.05, 3.63) is 101 Å². The number of carbonyl (C=O) groups is 1. The summed E-state index contributed by atoms with van der Waals surface area (Å²) in [5.41, 5.74) is 2.39. The fraction of sp³-hybridized carbons (Fsp3) is 0.0833. The molecule has 0 bridgehead atoms. The first-order valence-corrected chi connectivity index (χ1v) is 9.62. The molecular weight excluding hydrogens is 384 g/mol. The Morgan fingerprint density at radius 1 is 0.966 bits per heavy atom. The average Bonchev–Trinajstić information content (AvgIpc) is 2.76. The molecule has 0 aliphatic rings. The van der Waals surface area contributed by atoms with Crippen molar-refractivity contribution in [3.8, 4) is 5.75 Å². The number of methoxy groups -OCH3 is 1. The number of hydrogen-bond acceptors (Lipinski definition) is 2. The molecule has 3 aromatic carbocycles. The zero-order valence-corrected chi connectivity index (χ0v) is 16.7. The highest BCUT2D eigenvalue weighted by molar-refractivity contribution is 6.31. The standard InChI is InChI=1S/C24H19ClN2O2/c1-29-22-9-8-17-14-19(7-6-18(17)15-22)24(28)26-21-10-12-27(13-11-21)16-20-4-2-3-5-23(20)25/h2-15H,16H2,1H3/p+1. The van der Waals surface area contributed by atoms with Gasteiger partial charge in [0.1, 0.15) is 5.75 Å². The maximum atomic E-state index is 12.6. The van der Waals surface area contributed by atoms with Gasteiger partial charge in [-0.15, -0.1) is 0 Å². The predicted octanol–water partition coefficient (Wildman–Crippen LogP) is 5.09. The molecule has 29 heavy (non-hydrogen) atoms. The Balaban J connectivity index is 1.47. The molecule has 0 spiro atoms. The molecule has 1 amide bonds. The Hall–Kier alpha value is -3.37. The van der Waals surface area contributed by atoms with Gasteiger partial charge in [-0.05, 0) is 41.1 Å². The number of aromatic nitrogens is 1. The van der Waals surface area contributed by atoms with E-state index in [-0.39, 0.29) is 5.91 Å². The molecular formula is C24H20ClN2O2+. The van der Waals surface area contributed by atoms with E-state index in [0.29, 0.717) is 12.1 Å². The van der Waals surface area contributed by atoms with Gasteiger partial charge >= 0.3 is 0 Å². The van der Waals surface area contributed by atoms with Crippen LogP contribution < -0.4 is 14.6 Å². The van der Waals surface area contributed by atoms with Gasteiger partial charge in [0.2, 0.25) is 0 Å². The van der Waals surface area contributed by atoms with E-state index in [1.54, 1.807) is 7.11 Å². The zero-order chi connectivity index (χ0) is 20.2. The van der Waals surface area contributed by atoms with Crippen molar-refractivity contribution in [1.29, 1.82) is 0 Å². The van der Waals surface area contributed by atoms with Gasteiger partial charge in [0.05, 0.1) is 17.8 Å². The highest BCUT2D eigenvalue weighted by Crippen LogP contribution is 2.22. The number of carbonyl (C=O) groups excluding carboxylic acids is 1. The number of fused-ring (bicyclic) bond motifs is 1. The van der Waals surface area contributed by atoms with Gasteiger partial charge in [0.25, 0.3) is 5.91 Å². The Bertz CT molecular complexity index is 1170. The van der Waals surface area contributed by atoms with E-state index in [1.165, 1.54) is 0 Å². The van der Waals surface area contributed by atoms with E-state index in [2.05, 4.69) is 5.32 Å². The Morgan fingerprint density at radius 3 is 2.45 bits per heavy atom. The molecule has 0 aliphatic carbocycles. The number of nitrogens with one attached hydrogen (secondary N) is 1. The van der Waals surface area contributed by atoms with E-state index < -0.39 is 0 Å². The highest BCUT2D eigenvalue weighted by Gasteiger charge is 2.10. The second-order valence-electron chi connectivity index (χ2n) is 6.73. The lowest BCUT2D eigenvalue weighted by molar-refractivity contribution is -0.688. The maximum absolute atomic E-state index is 12.6. The lowest BCUT2D eigenvalue weighted by atomic mass is 10.1. The van der Waals surface area contributed by atoms with Crippen LogP contribution in [0.5, 0.6) is 5.75 Å². The van der Waals surface area contributed by atoms with Crippen LogP contribution in [-0.4, -0.2) is 13.0 Å². The van der Waals surface area contributed by atoms with E-state index in [4.69, 9.17) is 16.3 Å². The summed E-state index contributed by atoms with van der Waals surface area (Å²) < 4.78 is 7.26. The van der Waals surface area contributed by atoms with Crippen molar-refractivity contribution in [2.45, 2.75) is 6.54 Å². The molecule has 0 radical (unpaired) electrons. The van der Waals surface area contributed by atoms with Crippen LogP contribution in [0.3, 0.4) is 0 Å². The summed E-state index contributed by atoms with van der Waals surface area (Å²) in [6, 6.07) is 22.9. The molecule has 1 N–H and O–H groups in total. The van der Waals surface area contributed by atoms with Crippen LogP contribution in [-0.2, 0) is 6.54 Å². The second-order valence-corrected chi connectivity index (χ2v) is 7.14. The van der Waals surface area contributed by atoms with Crippen molar-refractivity contribution in [3.63, 3.8) is 0 Å². The van der Waals surface area contributed by atoms with Crippen LogP contribution in [0, 0.1) is 0 Å². The number of ether oxygens (including phenoxy) is 1. The number of hydrogen-bond donors (Lipinski definition) is 1. The Morgan fingerprint density at radius 2 is 1.69 bits per heavy atom. The summed E-state index contributed by atoms with van der Waals surface area (Å²) in [4.78, 5) is 12.6. The molecule has 0 atom stereocenters. The minimum absolute atomic E-state index is 0.147. The molecule has 144 valence electrons. The fourth-order valence-corrected chi connectivity index (χ4v) is 3.36. The van der Waals surface area contributed by atoms with E-state index >= 15 is 0 Å². The molecule has 1 aromatic heterocycles. The smallest absolute Gasteiger partial charge is 0.255 e. The second kappa shape index (κ2) is 8.33. The first kappa shape index (κ1) is 19.0. The molecule has 0 saturated heterocycles. The summed E-state index contributed by atoms with van der Waals surface area (Å²) in [7, 11) is 1.64. The molecule has 0 aliphatic heterocycles. The molecule has 4 aromatic rings. The summed E-state index contributed by atoms with van der Waals surface area (Å²) in [6.45, 7) is 0.669. The molecule has 4 rings (SSSR count). The van der Waals surface area contributed by atoms with Gasteiger partial charge in [-0.1, -0.05) is 41.9 Å². The quantitative estimate of drug-likeness (QED) is 0.471. The number of rotatable bonds is 5. The average molecular weight is 404 g/mol. The number of anilines is 1. The lowest BCUT2D eigenvalue weighted by Gasteiger charge is -2.07. The molecule has 1 heterocycles. The summed E-state index contributed by atoms with van der Waals surface area (Å²) in [5, 5.41) is 5.71. The van der Waals surface area contributed by atoms with E-state index in [0.717, 1.165) is 32.8 Å². The third kappa shape index (κ3) is 4.39. The van der Waals surface area contributed by atoms with Gasteiger partial charge in [0, 0.05) is 23.3 Å². The van der Waals surface area contributed by atoms with Crippen LogP contribution in [0.1, 0.15) is 15.9 Å². The van der Waals surface area contributed by atoms with Crippen LogP contribution >= 0.6 is 11.6 Å². The topological polar surface area (TPSA) is 42.2 Å². The molecule has 4 nitrogen and oxygen atoms in total. The van der Waals surface area contributed by atoms with Gasteiger partial charge in [0.15, 0.2) is 18.9 Å². The lowest BCUT2D eigenvalue weighted by Crippen LogP contribution is -2.33. The first-order valence-electron chi connectivity index (χ1n) is 9.24. The fourth-order valence-electron chi connectivity index (χ4n) is 3.16. The van der Waals surface area contributed by atoms with Crippen LogP contribution in [0.4, 0.5) is 5.69 Å². The van der Waals surface area contributed by atoms with E-state index in [1.807, 2.05) is 89.8 Å². The SMILES string of the molecule is COc1ccc2cc(C(=O)Nc3cc[n+](Cc4ccccc4Cl)cc3)ccc2c1. The Kier molecular flexibility index (Phi) is 5.45. The van der Waals surface area contributed by atoms with Gasteiger partial charge in [-0.2, -0.15) is 0 Å². The monoisotopic (exact) mass is 403 g/mol. The van der Waals surface area contributed by atoms with Crippen molar-refractivity contribution < 1.29 is 14.1 Å². The maximum Gasteiger partial charge on any atom is 0.255 e. The van der Waals surface area contributed by atoms with Crippen molar-refractivity contribution in [1.82, 2.24) is 0 Å². The minimum atomic E-state index is -0.147. The van der Waals surface area contributed by atoms with Crippen LogP contribution in [0.25, 0.3) is 10.8 Å². The largest absolute Gasteiger partial charge is 0.497 e. The minimum Gasteiger partial charge on any atom is -0.497 e. The van der Waals surface area contributed by atoms with Crippen molar-refractivity contribution in [2.24, 2.45) is 0 Å². The third-order valence-electron chi connectivity index (χ3n) is 4.77. The van der Waals surface area contributed by atoms with E-state index in [9.17, 15) is 4.79 Å². The number of nitrogens with zero attached hydrogens (tertiary/aromatic N) is 1.